The molecule has 4 heteroatoms. The Morgan fingerprint density at radius 1 is 1.53 bits per heavy atom. The average molecular weight is 281 g/mol. The van der Waals surface area contributed by atoms with E-state index in [1.807, 2.05) is 6.07 Å². The van der Waals surface area contributed by atoms with Gasteiger partial charge in [0.25, 0.3) is 0 Å². The van der Waals surface area contributed by atoms with Gasteiger partial charge in [0.15, 0.2) is 0 Å². The third kappa shape index (κ3) is 3.57. The Balaban J connectivity index is 2.07. The summed E-state index contributed by atoms with van der Waals surface area (Å²) in [5, 5.41) is 5.55. The van der Waals surface area contributed by atoms with Gasteiger partial charge in [-0.15, -0.1) is 11.3 Å². The molecule has 2 unspecified atom stereocenters. The number of hydrogen-bond acceptors (Lipinski definition) is 4. The number of nitrogens with one attached hydrogen (secondary N) is 1. The highest BCUT2D eigenvalue weighted by molar-refractivity contribution is 7.09. The van der Waals surface area contributed by atoms with E-state index in [1.165, 1.54) is 18.4 Å². The van der Waals surface area contributed by atoms with Crippen molar-refractivity contribution >= 4 is 17.3 Å². The predicted molar refractivity (Wildman–Crippen MR) is 78.2 cm³/mol. The molecule has 0 aliphatic heterocycles. The molecule has 3 nitrogen and oxygen atoms in total. The summed E-state index contributed by atoms with van der Waals surface area (Å²) >= 11 is 1.72. The zero-order valence-corrected chi connectivity index (χ0v) is 12.6. The number of esters is 1. The van der Waals surface area contributed by atoms with Crippen LogP contribution in [0.15, 0.2) is 17.5 Å². The summed E-state index contributed by atoms with van der Waals surface area (Å²) in [7, 11) is 1.49. The van der Waals surface area contributed by atoms with Gasteiger partial charge in [-0.25, -0.2) is 0 Å². The van der Waals surface area contributed by atoms with E-state index in [-0.39, 0.29) is 5.97 Å². The molecule has 0 amide bonds. The maximum atomic E-state index is 12.2. The van der Waals surface area contributed by atoms with Crippen LogP contribution in [-0.4, -0.2) is 18.6 Å². The smallest absolute Gasteiger partial charge is 0.326 e. The van der Waals surface area contributed by atoms with Crippen molar-refractivity contribution < 1.29 is 9.53 Å². The van der Waals surface area contributed by atoms with Gasteiger partial charge < -0.3 is 4.74 Å². The lowest BCUT2D eigenvalue weighted by Gasteiger charge is -2.31. The van der Waals surface area contributed by atoms with Crippen molar-refractivity contribution in [2.75, 3.05) is 7.11 Å². The number of methoxy groups -OCH3 is 1. The molecule has 1 fully saturated rings. The van der Waals surface area contributed by atoms with E-state index in [2.05, 4.69) is 23.7 Å². The van der Waals surface area contributed by atoms with Gasteiger partial charge >= 0.3 is 5.97 Å². The quantitative estimate of drug-likeness (QED) is 0.679. The molecule has 0 spiro atoms. The number of carbonyl (C=O) groups excluding carboxylic acids is 1. The summed E-state index contributed by atoms with van der Waals surface area (Å²) in [6.07, 6.45) is 5.15. The van der Waals surface area contributed by atoms with Crippen LogP contribution < -0.4 is 5.32 Å². The molecular formula is C15H23NO2S. The monoisotopic (exact) mass is 281 g/mol. The molecular weight excluding hydrogens is 258 g/mol. The molecule has 0 bridgehead atoms. The summed E-state index contributed by atoms with van der Waals surface area (Å²) < 4.78 is 5.06. The maximum Gasteiger partial charge on any atom is 0.326 e. The maximum absolute atomic E-state index is 12.2. The Labute approximate surface area is 119 Å². The second-order valence-corrected chi connectivity index (χ2v) is 6.57. The van der Waals surface area contributed by atoms with E-state index in [9.17, 15) is 4.79 Å². The van der Waals surface area contributed by atoms with Crippen LogP contribution >= 0.6 is 11.3 Å². The average Bonchev–Trinajstić information content (AvgIpc) is 2.86. The molecule has 1 aromatic heterocycles. The number of carbonyl (C=O) groups is 1. The molecule has 106 valence electrons. The molecule has 1 saturated carbocycles. The van der Waals surface area contributed by atoms with Gasteiger partial charge in [-0.1, -0.05) is 25.8 Å². The molecule has 1 aromatic rings. The fourth-order valence-corrected chi connectivity index (χ4v) is 3.48. The normalized spacial score (nSPS) is 27.8. The summed E-state index contributed by atoms with van der Waals surface area (Å²) in [5.41, 5.74) is -0.483. The Bertz CT molecular complexity index is 404. The molecule has 0 saturated heterocycles. The highest BCUT2D eigenvalue weighted by Gasteiger charge is 2.40. The van der Waals surface area contributed by atoms with Crippen molar-refractivity contribution in [3.05, 3.63) is 22.4 Å². The molecule has 1 heterocycles. The van der Waals surface area contributed by atoms with Crippen molar-refractivity contribution in [3.63, 3.8) is 0 Å². The first-order valence-electron chi connectivity index (χ1n) is 7.02. The Morgan fingerprint density at radius 2 is 2.37 bits per heavy atom. The van der Waals surface area contributed by atoms with Crippen LogP contribution in [0.2, 0.25) is 0 Å². The van der Waals surface area contributed by atoms with Crippen molar-refractivity contribution in [1.82, 2.24) is 5.32 Å². The minimum atomic E-state index is -0.483. The molecule has 2 atom stereocenters. The van der Waals surface area contributed by atoms with Crippen LogP contribution in [0.1, 0.15) is 43.9 Å². The van der Waals surface area contributed by atoms with Crippen molar-refractivity contribution in [2.24, 2.45) is 5.92 Å². The Hall–Kier alpha value is -0.870. The van der Waals surface area contributed by atoms with Gasteiger partial charge in [-0.05, 0) is 36.6 Å². The van der Waals surface area contributed by atoms with E-state index >= 15 is 0 Å². The third-order valence-corrected chi connectivity index (χ3v) is 5.00. The molecule has 1 aliphatic rings. The number of thiophene rings is 1. The minimum Gasteiger partial charge on any atom is -0.468 e. The fourth-order valence-electron chi connectivity index (χ4n) is 2.83. The Kier molecular flexibility index (Phi) is 4.99. The van der Waals surface area contributed by atoms with Gasteiger partial charge in [0.05, 0.1) is 7.11 Å². The number of hydrogen-bond donors (Lipinski definition) is 1. The topological polar surface area (TPSA) is 38.3 Å². The molecule has 0 radical (unpaired) electrons. The van der Waals surface area contributed by atoms with E-state index < -0.39 is 5.54 Å². The van der Waals surface area contributed by atoms with Gasteiger partial charge in [0.2, 0.25) is 0 Å². The van der Waals surface area contributed by atoms with Crippen LogP contribution in [0.3, 0.4) is 0 Å². The molecule has 2 rings (SSSR count). The van der Waals surface area contributed by atoms with Crippen molar-refractivity contribution in [2.45, 2.75) is 51.1 Å². The lowest BCUT2D eigenvalue weighted by atomic mass is 9.89. The lowest BCUT2D eigenvalue weighted by Crippen LogP contribution is -2.52. The summed E-state index contributed by atoms with van der Waals surface area (Å²) in [6.45, 7) is 3.02. The highest BCUT2D eigenvalue weighted by atomic mass is 32.1. The molecule has 1 aliphatic carbocycles. The molecule has 1 N–H and O–H groups in total. The first kappa shape index (κ1) is 14.5. The van der Waals surface area contributed by atoms with E-state index in [4.69, 9.17) is 4.74 Å². The highest BCUT2D eigenvalue weighted by Crippen LogP contribution is 2.31. The summed E-state index contributed by atoms with van der Waals surface area (Å²) in [4.78, 5) is 13.5. The van der Waals surface area contributed by atoms with Crippen molar-refractivity contribution in [3.8, 4) is 0 Å². The fraction of sp³-hybridized carbons (Fsp3) is 0.667. The number of ether oxygens (including phenoxy) is 1. The molecule has 0 aromatic carbocycles. The van der Waals surface area contributed by atoms with Crippen LogP contribution in [-0.2, 0) is 16.1 Å². The van der Waals surface area contributed by atoms with Gasteiger partial charge in [-0.3, -0.25) is 10.1 Å². The van der Waals surface area contributed by atoms with Crippen molar-refractivity contribution in [1.29, 1.82) is 0 Å². The van der Waals surface area contributed by atoms with E-state index in [0.29, 0.717) is 5.92 Å². The largest absolute Gasteiger partial charge is 0.468 e. The second-order valence-electron chi connectivity index (χ2n) is 5.54. The van der Waals surface area contributed by atoms with Crippen LogP contribution in [0.4, 0.5) is 0 Å². The number of rotatable bonds is 4. The minimum absolute atomic E-state index is 0.0989. The zero-order valence-electron chi connectivity index (χ0n) is 11.8. The van der Waals surface area contributed by atoms with E-state index in [1.54, 1.807) is 11.3 Å². The zero-order chi connectivity index (χ0) is 13.7. The molecule has 19 heavy (non-hydrogen) atoms. The van der Waals surface area contributed by atoms with E-state index in [0.717, 1.165) is 32.2 Å². The Morgan fingerprint density at radius 3 is 3.05 bits per heavy atom. The van der Waals surface area contributed by atoms with Gasteiger partial charge in [0, 0.05) is 11.4 Å². The first-order valence-corrected chi connectivity index (χ1v) is 7.90. The summed E-state index contributed by atoms with van der Waals surface area (Å²) in [6, 6.07) is 4.14. The first-order chi connectivity index (χ1) is 9.16. The third-order valence-electron chi connectivity index (χ3n) is 4.12. The van der Waals surface area contributed by atoms with Gasteiger partial charge in [-0.2, -0.15) is 0 Å². The van der Waals surface area contributed by atoms with Crippen LogP contribution in [0, 0.1) is 5.92 Å². The van der Waals surface area contributed by atoms with Crippen LogP contribution in [0.25, 0.3) is 0 Å². The predicted octanol–water partition coefficient (Wildman–Crippen LogP) is 3.35. The second kappa shape index (κ2) is 6.53. The SMILES string of the molecule is COC(=O)C1(NCc2cccs2)CCCC(C)CC1. The van der Waals surface area contributed by atoms with Gasteiger partial charge in [0.1, 0.15) is 5.54 Å². The lowest BCUT2D eigenvalue weighted by molar-refractivity contribution is -0.149. The van der Waals surface area contributed by atoms with Crippen LogP contribution in [0.5, 0.6) is 0 Å². The summed E-state index contributed by atoms with van der Waals surface area (Å²) in [5.74, 6) is 0.605. The standard InChI is InChI=1S/C15H23NO2S/c1-12-5-3-8-15(9-7-12,14(17)18-2)16-11-13-6-4-10-19-13/h4,6,10,12,16H,3,5,7-9,11H2,1-2H3.